The van der Waals surface area contributed by atoms with E-state index in [9.17, 15) is 16.8 Å². The number of rotatable bonds is 1. The van der Waals surface area contributed by atoms with Gasteiger partial charge in [0, 0.05) is 18.8 Å². The van der Waals surface area contributed by atoms with Gasteiger partial charge < -0.3 is 0 Å². The first-order valence-corrected chi connectivity index (χ1v) is 7.86. The van der Waals surface area contributed by atoms with E-state index in [1.807, 2.05) is 0 Å². The summed E-state index contributed by atoms with van der Waals surface area (Å²) < 4.78 is 46.7. The topological polar surface area (TPSA) is 97.5 Å². The molecule has 0 aromatic carbocycles. The van der Waals surface area contributed by atoms with Crippen LogP contribution < -0.4 is 5.14 Å². The zero-order valence-corrected chi connectivity index (χ0v) is 10.6. The van der Waals surface area contributed by atoms with Gasteiger partial charge in [-0.1, -0.05) is 0 Å². The van der Waals surface area contributed by atoms with Crippen molar-refractivity contribution in [1.82, 2.24) is 4.31 Å². The minimum Gasteiger partial charge on any atom is -0.276 e. The predicted octanol–water partition coefficient (Wildman–Crippen LogP) is 0.000300. The van der Waals surface area contributed by atoms with Crippen molar-refractivity contribution in [3.63, 3.8) is 0 Å². The Hall–Kier alpha value is -0.900. The van der Waals surface area contributed by atoms with Crippen molar-refractivity contribution in [2.45, 2.75) is 8.42 Å². The van der Waals surface area contributed by atoms with Gasteiger partial charge in [-0.3, -0.25) is 4.31 Å². The highest BCUT2D eigenvalue weighted by Crippen LogP contribution is 2.35. The van der Waals surface area contributed by atoms with E-state index in [4.69, 9.17) is 5.14 Å². The minimum absolute atomic E-state index is 0.00141. The van der Waals surface area contributed by atoms with E-state index in [0.717, 1.165) is 4.31 Å². The molecular weight excluding hydrogens is 272 g/mol. The second-order valence-electron chi connectivity index (χ2n) is 3.19. The third-order valence-corrected chi connectivity index (χ3v) is 6.89. The van der Waals surface area contributed by atoms with Crippen molar-refractivity contribution in [2.24, 2.45) is 5.14 Å². The van der Waals surface area contributed by atoms with Gasteiger partial charge in [-0.2, -0.15) is 0 Å². The number of thiophene rings is 1. The van der Waals surface area contributed by atoms with Crippen LogP contribution in [0.3, 0.4) is 0 Å². The molecule has 1 aliphatic heterocycles. The lowest BCUT2D eigenvalue weighted by Crippen LogP contribution is -2.23. The molecule has 1 aliphatic rings. The molecule has 0 saturated heterocycles. The first-order valence-electron chi connectivity index (χ1n) is 4.06. The highest BCUT2D eigenvalue weighted by molar-refractivity contribution is 7.94. The summed E-state index contributed by atoms with van der Waals surface area (Å²) in [5.41, 5.74) is 0.354. The van der Waals surface area contributed by atoms with Gasteiger partial charge in [-0.05, 0) is 12.1 Å². The molecule has 16 heavy (non-hydrogen) atoms. The molecular formula is C7H8N2O4S3. The lowest BCUT2D eigenvalue weighted by Gasteiger charge is -2.17. The van der Waals surface area contributed by atoms with E-state index in [1.165, 1.54) is 25.4 Å². The molecule has 2 heterocycles. The molecule has 2 N–H and O–H groups in total. The molecule has 0 fully saturated rings. The number of hydrogen-bond acceptors (Lipinski definition) is 5. The van der Waals surface area contributed by atoms with Gasteiger partial charge in [-0.25, -0.2) is 22.0 Å². The molecule has 0 spiro atoms. The van der Waals surface area contributed by atoms with Crippen LogP contribution in [-0.2, 0) is 20.0 Å². The maximum Gasteiger partial charge on any atom is 0.273 e. The fourth-order valence-electron chi connectivity index (χ4n) is 1.22. The summed E-state index contributed by atoms with van der Waals surface area (Å²) in [4.78, 5) is 0. The minimum atomic E-state index is -3.86. The van der Waals surface area contributed by atoms with Crippen LogP contribution in [0.1, 0.15) is 5.56 Å². The maximum absolute atomic E-state index is 11.8. The summed E-state index contributed by atoms with van der Waals surface area (Å²) in [5.74, 6) is 0. The molecule has 0 radical (unpaired) electrons. The maximum atomic E-state index is 11.8. The fraction of sp³-hybridized carbons (Fsp3) is 0.143. The molecule has 0 aliphatic carbocycles. The molecule has 88 valence electrons. The Bertz CT molecular complexity index is 668. The van der Waals surface area contributed by atoms with Crippen LogP contribution in [0.15, 0.2) is 20.7 Å². The van der Waals surface area contributed by atoms with Gasteiger partial charge >= 0.3 is 0 Å². The van der Waals surface area contributed by atoms with E-state index >= 15 is 0 Å². The second kappa shape index (κ2) is 3.29. The molecule has 0 saturated carbocycles. The number of primary sulfonamides is 1. The standard InChI is InChI=1S/C7H8N2O4S3/c1-9-3-2-5-4-6(15(8,10)11)14-7(5)16(9,12)13/h2-4H,1H3,(H2,8,10,11). The van der Waals surface area contributed by atoms with Crippen molar-refractivity contribution in [2.75, 3.05) is 7.05 Å². The molecule has 1 aromatic rings. The third kappa shape index (κ3) is 1.65. The number of sulfonamides is 2. The average Bonchev–Trinajstić information content (AvgIpc) is 2.56. The van der Waals surface area contributed by atoms with Gasteiger partial charge in [0.05, 0.1) is 0 Å². The normalized spacial score (nSPS) is 18.5. The summed E-state index contributed by atoms with van der Waals surface area (Å²) in [6.45, 7) is 0. The monoisotopic (exact) mass is 280 g/mol. The number of nitrogens with two attached hydrogens (primary N) is 1. The van der Waals surface area contributed by atoms with Crippen LogP contribution in [0.4, 0.5) is 0 Å². The van der Waals surface area contributed by atoms with E-state index in [-0.39, 0.29) is 8.42 Å². The Kier molecular flexibility index (Phi) is 2.38. The first kappa shape index (κ1) is 11.6. The van der Waals surface area contributed by atoms with Gasteiger partial charge in [-0.15, -0.1) is 11.3 Å². The predicted molar refractivity (Wildman–Crippen MR) is 59.7 cm³/mol. The van der Waals surface area contributed by atoms with Gasteiger partial charge in [0.2, 0.25) is 10.0 Å². The van der Waals surface area contributed by atoms with Crippen LogP contribution in [0.5, 0.6) is 0 Å². The van der Waals surface area contributed by atoms with Gasteiger partial charge in [0.25, 0.3) is 10.0 Å². The fourth-order valence-corrected chi connectivity index (χ4v) is 4.95. The first-order chi connectivity index (χ1) is 7.23. The highest BCUT2D eigenvalue weighted by atomic mass is 32.3. The highest BCUT2D eigenvalue weighted by Gasteiger charge is 2.29. The van der Waals surface area contributed by atoms with Crippen molar-refractivity contribution < 1.29 is 16.8 Å². The van der Waals surface area contributed by atoms with Crippen LogP contribution in [0.2, 0.25) is 0 Å². The summed E-state index contributed by atoms with van der Waals surface area (Å²) >= 11 is 0.659. The molecule has 2 rings (SSSR count). The zero-order valence-electron chi connectivity index (χ0n) is 8.11. The Balaban J connectivity index is 2.73. The van der Waals surface area contributed by atoms with Crippen LogP contribution in [0.25, 0.3) is 6.08 Å². The van der Waals surface area contributed by atoms with Crippen molar-refractivity contribution in [1.29, 1.82) is 0 Å². The van der Waals surface area contributed by atoms with E-state index in [2.05, 4.69) is 0 Å². The number of nitrogens with zero attached hydrogens (tertiary/aromatic N) is 1. The zero-order chi connectivity index (χ0) is 12.1. The molecule has 1 aromatic heterocycles. The number of hydrogen-bond donors (Lipinski definition) is 1. The quantitative estimate of drug-likeness (QED) is 0.783. The van der Waals surface area contributed by atoms with Gasteiger partial charge in [0.1, 0.15) is 8.42 Å². The largest absolute Gasteiger partial charge is 0.276 e. The Labute approximate surface area is 97.1 Å². The molecule has 9 heteroatoms. The Morgan fingerprint density at radius 3 is 2.62 bits per heavy atom. The second-order valence-corrected chi connectivity index (χ2v) is 8.22. The molecule has 0 unspecified atom stereocenters. The van der Waals surface area contributed by atoms with Gasteiger partial charge in [0.15, 0.2) is 0 Å². The SMILES string of the molecule is CN1C=Cc2cc(S(N)(=O)=O)sc2S1(=O)=O. The van der Waals surface area contributed by atoms with Crippen LogP contribution >= 0.6 is 11.3 Å². The van der Waals surface area contributed by atoms with Crippen LogP contribution in [0, 0.1) is 0 Å². The molecule has 0 bridgehead atoms. The van der Waals surface area contributed by atoms with Crippen molar-refractivity contribution >= 4 is 37.5 Å². The smallest absolute Gasteiger partial charge is 0.273 e. The lowest BCUT2D eigenvalue weighted by molar-refractivity contribution is 0.540. The van der Waals surface area contributed by atoms with E-state index < -0.39 is 20.0 Å². The molecule has 0 atom stereocenters. The molecule has 0 amide bonds. The van der Waals surface area contributed by atoms with Crippen molar-refractivity contribution in [3.05, 3.63) is 17.8 Å². The lowest BCUT2D eigenvalue weighted by atomic mass is 10.3. The van der Waals surface area contributed by atoms with Crippen LogP contribution in [-0.4, -0.2) is 28.2 Å². The summed E-state index contributed by atoms with van der Waals surface area (Å²) in [5, 5.41) is 4.94. The summed E-state index contributed by atoms with van der Waals surface area (Å²) in [7, 11) is -6.10. The Morgan fingerprint density at radius 1 is 1.44 bits per heavy atom. The van der Waals surface area contributed by atoms with E-state index in [0.29, 0.717) is 16.9 Å². The summed E-state index contributed by atoms with van der Waals surface area (Å²) in [6.07, 6.45) is 2.89. The van der Waals surface area contributed by atoms with Crippen molar-refractivity contribution in [3.8, 4) is 0 Å². The Morgan fingerprint density at radius 2 is 2.06 bits per heavy atom. The molecule has 6 nitrogen and oxygen atoms in total. The average molecular weight is 280 g/mol. The number of fused-ring (bicyclic) bond motifs is 1. The van der Waals surface area contributed by atoms with E-state index in [1.54, 1.807) is 0 Å². The summed E-state index contributed by atoms with van der Waals surface area (Å²) in [6, 6.07) is 1.26. The third-order valence-electron chi connectivity index (χ3n) is 2.06.